The Hall–Kier alpha value is -2.76. The van der Waals surface area contributed by atoms with E-state index in [9.17, 15) is 9.90 Å². The maximum atomic E-state index is 11.9. The number of hydrogen-bond acceptors (Lipinski definition) is 4. The van der Waals surface area contributed by atoms with Gasteiger partial charge in [0.25, 0.3) is 5.91 Å². The summed E-state index contributed by atoms with van der Waals surface area (Å²) >= 11 is 0. The molecule has 0 saturated carbocycles. The molecule has 1 aromatic heterocycles. The highest BCUT2D eigenvalue weighted by molar-refractivity contribution is 5.74. The number of aromatic hydroxyl groups is 1. The number of rotatable bonds is 4. The number of benzene rings is 1. The number of nitrogens with zero attached hydrogens (tertiary/aromatic N) is 1. The highest BCUT2D eigenvalue weighted by Crippen LogP contribution is 2.32. The van der Waals surface area contributed by atoms with Crippen LogP contribution in [-0.4, -0.2) is 17.8 Å². The van der Waals surface area contributed by atoms with Gasteiger partial charge in [-0.05, 0) is 23.8 Å². The summed E-state index contributed by atoms with van der Waals surface area (Å²) in [7, 11) is 0. The Bertz CT molecular complexity index is 672. The van der Waals surface area contributed by atoms with Gasteiger partial charge >= 0.3 is 0 Å². The Morgan fingerprint density at radius 3 is 3.00 bits per heavy atom. The highest BCUT2D eigenvalue weighted by Gasteiger charge is 2.14. The van der Waals surface area contributed by atoms with E-state index < -0.39 is 0 Å². The number of nitrogens with one attached hydrogen (secondary N) is 1. The lowest BCUT2D eigenvalue weighted by molar-refractivity contribution is -0.684. The zero-order valence-electron chi connectivity index (χ0n) is 11.3. The van der Waals surface area contributed by atoms with Gasteiger partial charge in [0.1, 0.15) is 0 Å². The van der Waals surface area contributed by atoms with E-state index in [1.807, 2.05) is 18.2 Å². The van der Waals surface area contributed by atoms with E-state index in [4.69, 9.17) is 9.47 Å². The van der Waals surface area contributed by atoms with Crippen LogP contribution in [0.2, 0.25) is 0 Å². The molecule has 0 bridgehead atoms. The summed E-state index contributed by atoms with van der Waals surface area (Å²) in [4.78, 5) is 11.9. The molecule has 0 radical (unpaired) electrons. The molecule has 2 N–H and O–H groups in total. The number of fused-ring (bicyclic) bond motifs is 1. The van der Waals surface area contributed by atoms with E-state index in [-0.39, 0.29) is 25.0 Å². The summed E-state index contributed by atoms with van der Waals surface area (Å²) in [6, 6.07) is 8.80. The van der Waals surface area contributed by atoms with E-state index in [0.29, 0.717) is 12.3 Å². The second-order valence-corrected chi connectivity index (χ2v) is 4.70. The van der Waals surface area contributed by atoms with Gasteiger partial charge in [-0.15, -0.1) is 0 Å². The predicted molar refractivity (Wildman–Crippen MR) is 72.7 cm³/mol. The summed E-state index contributed by atoms with van der Waals surface area (Å²) in [6.45, 7) is 0.799. The minimum atomic E-state index is -0.136. The fraction of sp³-hybridized carbons (Fsp3) is 0.200. The largest absolute Gasteiger partial charge is 0.503 e. The molecule has 0 fully saturated rings. The average Bonchev–Trinajstić information content (AvgIpc) is 2.92. The molecular formula is C15H15N2O4+. The molecule has 6 nitrogen and oxygen atoms in total. The zero-order chi connectivity index (χ0) is 14.7. The summed E-state index contributed by atoms with van der Waals surface area (Å²) in [5, 5.41) is 12.2. The lowest BCUT2D eigenvalue weighted by Gasteiger charge is -2.04. The second kappa shape index (κ2) is 5.70. The fourth-order valence-corrected chi connectivity index (χ4v) is 2.08. The zero-order valence-corrected chi connectivity index (χ0v) is 11.3. The van der Waals surface area contributed by atoms with Gasteiger partial charge in [0.15, 0.2) is 23.4 Å². The third-order valence-corrected chi connectivity index (χ3v) is 3.10. The first-order chi connectivity index (χ1) is 10.2. The van der Waals surface area contributed by atoms with Gasteiger partial charge in [0, 0.05) is 12.6 Å². The maximum Gasteiger partial charge on any atom is 0.286 e. The van der Waals surface area contributed by atoms with Crippen molar-refractivity contribution in [2.24, 2.45) is 0 Å². The Balaban J connectivity index is 1.56. The van der Waals surface area contributed by atoms with Crippen LogP contribution in [0, 0.1) is 0 Å². The molecule has 108 valence electrons. The molecule has 1 amide bonds. The van der Waals surface area contributed by atoms with Crippen LogP contribution >= 0.6 is 0 Å². The van der Waals surface area contributed by atoms with Gasteiger partial charge in [-0.1, -0.05) is 6.07 Å². The van der Waals surface area contributed by atoms with Crippen LogP contribution in [0.5, 0.6) is 17.2 Å². The lowest BCUT2D eigenvalue weighted by Crippen LogP contribution is -2.42. The van der Waals surface area contributed by atoms with Crippen molar-refractivity contribution in [1.29, 1.82) is 0 Å². The number of amides is 1. The monoisotopic (exact) mass is 287 g/mol. The number of pyridine rings is 1. The SMILES string of the molecule is O=C(C[n+]1cccc(O)c1)NCc1ccc2c(c1)OCO2. The highest BCUT2D eigenvalue weighted by atomic mass is 16.7. The van der Waals surface area contributed by atoms with Crippen molar-refractivity contribution < 1.29 is 23.9 Å². The van der Waals surface area contributed by atoms with Crippen LogP contribution in [0.1, 0.15) is 5.56 Å². The molecule has 0 saturated heterocycles. The molecular weight excluding hydrogens is 272 g/mol. The fourth-order valence-electron chi connectivity index (χ4n) is 2.08. The Labute approximate surface area is 121 Å². The third-order valence-electron chi connectivity index (χ3n) is 3.10. The molecule has 3 rings (SSSR count). The van der Waals surface area contributed by atoms with Crippen molar-refractivity contribution in [3.8, 4) is 17.2 Å². The topological polar surface area (TPSA) is 71.7 Å². The van der Waals surface area contributed by atoms with Gasteiger partial charge in [0.2, 0.25) is 19.5 Å². The molecule has 6 heteroatoms. The van der Waals surface area contributed by atoms with E-state index in [1.165, 1.54) is 6.20 Å². The summed E-state index contributed by atoms with van der Waals surface area (Å²) < 4.78 is 12.1. The minimum absolute atomic E-state index is 0.126. The molecule has 0 unspecified atom stereocenters. The Kier molecular flexibility index (Phi) is 3.59. The van der Waals surface area contributed by atoms with Crippen molar-refractivity contribution in [1.82, 2.24) is 5.32 Å². The van der Waals surface area contributed by atoms with Crippen molar-refractivity contribution in [2.45, 2.75) is 13.1 Å². The molecule has 2 aromatic rings. The molecule has 1 aliphatic rings. The smallest absolute Gasteiger partial charge is 0.286 e. The number of carbonyl (C=O) groups is 1. The number of hydrogen-bond donors (Lipinski definition) is 2. The summed E-state index contributed by atoms with van der Waals surface area (Å²) in [5.74, 6) is 1.41. The molecule has 1 aliphatic heterocycles. The quantitative estimate of drug-likeness (QED) is 0.813. The summed E-state index contributed by atoms with van der Waals surface area (Å²) in [5.41, 5.74) is 0.938. The normalized spacial score (nSPS) is 12.2. The van der Waals surface area contributed by atoms with Gasteiger partial charge in [-0.2, -0.15) is 4.57 Å². The summed E-state index contributed by atoms with van der Waals surface area (Å²) in [6.07, 6.45) is 3.22. The van der Waals surface area contributed by atoms with E-state index >= 15 is 0 Å². The van der Waals surface area contributed by atoms with Crippen molar-refractivity contribution in [3.63, 3.8) is 0 Å². The van der Waals surface area contributed by atoms with Gasteiger partial charge in [-0.25, -0.2) is 0 Å². The number of ether oxygens (including phenoxy) is 2. The molecule has 0 aliphatic carbocycles. The molecule has 0 spiro atoms. The van der Waals surface area contributed by atoms with Crippen LogP contribution < -0.4 is 19.4 Å². The lowest BCUT2D eigenvalue weighted by atomic mass is 10.2. The molecule has 0 atom stereocenters. The number of carbonyl (C=O) groups excluding carboxylic acids is 1. The van der Waals surface area contributed by atoms with Gasteiger partial charge < -0.3 is 19.9 Å². The van der Waals surface area contributed by atoms with E-state index in [2.05, 4.69) is 5.32 Å². The van der Waals surface area contributed by atoms with Crippen LogP contribution in [0.15, 0.2) is 42.7 Å². The first-order valence-electron chi connectivity index (χ1n) is 6.54. The van der Waals surface area contributed by atoms with Crippen molar-refractivity contribution in [2.75, 3.05) is 6.79 Å². The third kappa shape index (κ3) is 3.22. The number of aromatic nitrogens is 1. The molecule has 2 heterocycles. The van der Waals surface area contributed by atoms with E-state index in [1.54, 1.807) is 22.9 Å². The first kappa shape index (κ1) is 13.2. The Morgan fingerprint density at radius 2 is 2.14 bits per heavy atom. The predicted octanol–water partition coefficient (Wildman–Crippen LogP) is 0.725. The average molecular weight is 287 g/mol. The Morgan fingerprint density at radius 1 is 1.29 bits per heavy atom. The van der Waals surface area contributed by atoms with Crippen molar-refractivity contribution >= 4 is 5.91 Å². The molecule has 21 heavy (non-hydrogen) atoms. The van der Waals surface area contributed by atoms with Gasteiger partial charge in [-0.3, -0.25) is 4.79 Å². The van der Waals surface area contributed by atoms with Gasteiger partial charge in [0.05, 0.1) is 0 Å². The maximum absolute atomic E-state index is 11.9. The van der Waals surface area contributed by atoms with Crippen LogP contribution in [0.4, 0.5) is 0 Å². The second-order valence-electron chi connectivity index (χ2n) is 4.70. The van der Waals surface area contributed by atoms with Crippen molar-refractivity contribution in [3.05, 3.63) is 48.3 Å². The van der Waals surface area contributed by atoms with Crippen LogP contribution in [-0.2, 0) is 17.9 Å². The van der Waals surface area contributed by atoms with E-state index in [0.717, 1.165) is 11.3 Å². The standard InChI is InChI=1S/C15H14N2O4/c18-12-2-1-5-17(8-12)9-15(19)16-7-11-3-4-13-14(6-11)21-10-20-13/h1-6,8H,7,9-10H2,(H-,16,18,19)/p+1. The van der Waals surface area contributed by atoms with Crippen LogP contribution in [0.3, 0.4) is 0 Å². The van der Waals surface area contributed by atoms with Crippen LogP contribution in [0.25, 0.3) is 0 Å². The minimum Gasteiger partial charge on any atom is -0.503 e. The first-order valence-corrected chi connectivity index (χ1v) is 6.54. The molecule has 1 aromatic carbocycles.